The summed E-state index contributed by atoms with van der Waals surface area (Å²) in [5.41, 5.74) is 1.63. The van der Waals surface area contributed by atoms with Crippen LogP contribution in [0, 0.1) is 0 Å². The normalized spacial score (nSPS) is 19.2. The van der Waals surface area contributed by atoms with E-state index >= 15 is 0 Å². The van der Waals surface area contributed by atoms with Gasteiger partial charge in [0.25, 0.3) is 0 Å². The third-order valence-electron chi connectivity index (χ3n) is 2.66. The third kappa shape index (κ3) is 2.16. The van der Waals surface area contributed by atoms with Gasteiger partial charge in [0.05, 0.1) is 0 Å². The molecule has 0 nitrogen and oxygen atoms in total. The SMILES string of the molecule is CC(Br)c1cc2c(s1)CCCCC2. The Morgan fingerprint density at radius 1 is 1.31 bits per heavy atom. The number of alkyl halides is 1. The lowest BCUT2D eigenvalue weighted by atomic mass is 10.1. The van der Waals surface area contributed by atoms with Crippen molar-refractivity contribution in [2.75, 3.05) is 0 Å². The number of fused-ring (bicyclic) bond motifs is 1. The molecule has 0 saturated heterocycles. The molecule has 0 aromatic carbocycles. The van der Waals surface area contributed by atoms with Crippen molar-refractivity contribution < 1.29 is 0 Å². The number of hydrogen-bond donors (Lipinski definition) is 0. The minimum Gasteiger partial charge on any atom is -0.144 e. The molecule has 0 bridgehead atoms. The summed E-state index contributed by atoms with van der Waals surface area (Å²) in [6.45, 7) is 2.21. The number of thiophene rings is 1. The molecule has 0 spiro atoms. The van der Waals surface area contributed by atoms with Crippen LogP contribution in [0.4, 0.5) is 0 Å². The van der Waals surface area contributed by atoms with Gasteiger partial charge in [-0.05, 0) is 44.2 Å². The largest absolute Gasteiger partial charge is 0.144 e. The molecule has 0 aliphatic heterocycles. The molecule has 1 aromatic heterocycles. The quantitative estimate of drug-likeness (QED) is 0.515. The lowest BCUT2D eigenvalue weighted by Gasteiger charge is -1.96. The number of halogens is 1. The Bertz CT molecular complexity index is 265. The van der Waals surface area contributed by atoms with Crippen LogP contribution in [-0.2, 0) is 12.8 Å². The average molecular weight is 259 g/mol. The first kappa shape index (κ1) is 9.72. The van der Waals surface area contributed by atoms with E-state index in [4.69, 9.17) is 0 Å². The standard InChI is InChI=1S/C11H15BrS/c1-8(12)11-7-9-5-3-2-4-6-10(9)13-11/h7-8H,2-6H2,1H3. The maximum absolute atomic E-state index is 3.64. The molecule has 1 atom stereocenters. The third-order valence-corrected chi connectivity index (χ3v) is 4.87. The highest BCUT2D eigenvalue weighted by atomic mass is 79.9. The molecule has 0 fully saturated rings. The van der Waals surface area contributed by atoms with E-state index in [1.165, 1.54) is 37.0 Å². The molecule has 0 saturated carbocycles. The highest BCUT2D eigenvalue weighted by molar-refractivity contribution is 9.09. The molecule has 0 radical (unpaired) electrons. The molecule has 13 heavy (non-hydrogen) atoms. The zero-order valence-corrected chi connectivity index (χ0v) is 10.4. The van der Waals surface area contributed by atoms with Crippen molar-refractivity contribution in [1.82, 2.24) is 0 Å². The minimum atomic E-state index is 0.532. The van der Waals surface area contributed by atoms with Gasteiger partial charge in [-0.3, -0.25) is 0 Å². The average Bonchev–Trinajstić information content (AvgIpc) is 2.38. The Morgan fingerprint density at radius 2 is 2.08 bits per heavy atom. The van der Waals surface area contributed by atoms with Crippen LogP contribution < -0.4 is 0 Å². The van der Waals surface area contributed by atoms with Crippen molar-refractivity contribution in [1.29, 1.82) is 0 Å². The van der Waals surface area contributed by atoms with Gasteiger partial charge >= 0.3 is 0 Å². The molecule has 0 amide bonds. The van der Waals surface area contributed by atoms with Crippen LogP contribution in [0.3, 0.4) is 0 Å². The van der Waals surface area contributed by atoms with Crippen molar-refractivity contribution in [3.05, 3.63) is 21.4 Å². The monoisotopic (exact) mass is 258 g/mol. The molecule has 0 N–H and O–H groups in total. The van der Waals surface area contributed by atoms with E-state index in [0.717, 1.165) is 0 Å². The van der Waals surface area contributed by atoms with Crippen LogP contribution in [0.15, 0.2) is 6.07 Å². The fourth-order valence-electron chi connectivity index (χ4n) is 1.89. The molecule has 2 rings (SSSR count). The van der Waals surface area contributed by atoms with Crippen LogP contribution in [0.5, 0.6) is 0 Å². The van der Waals surface area contributed by atoms with Gasteiger partial charge in [-0.25, -0.2) is 0 Å². The van der Waals surface area contributed by atoms with E-state index in [2.05, 4.69) is 28.9 Å². The Morgan fingerprint density at radius 3 is 2.85 bits per heavy atom. The van der Waals surface area contributed by atoms with E-state index in [1.807, 2.05) is 11.3 Å². The van der Waals surface area contributed by atoms with E-state index in [9.17, 15) is 0 Å². The summed E-state index contributed by atoms with van der Waals surface area (Å²) in [5, 5.41) is 0. The molecular weight excluding hydrogens is 244 g/mol. The Kier molecular flexibility index (Phi) is 3.10. The van der Waals surface area contributed by atoms with Crippen molar-refractivity contribution >= 4 is 27.3 Å². The summed E-state index contributed by atoms with van der Waals surface area (Å²) in [4.78, 5) is 3.69. The van der Waals surface area contributed by atoms with Gasteiger partial charge in [0, 0.05) is 14.6 Å². The van der Waals surface area contributed by atoms with Crippen LogP contribution in [-0.4, -0.2) is 0 Å². The first-order valence-corrected chi connectivity index (χ1v) is 6.76. The second-order valence-corrected chi connectivity index (χ2v) is 6.32. The molecule has 1 heterocycles. The van der Waals surface area contributed by atoms with Crippen molar-refractivity contribution in [2.24, 2.45) is 0 Å². The van der Waals surface area contributed by atoms with Gasteiger partial charge in [-0.1, -0.05) is 22.4 Å². The van der Waals surface area contributed by atoms with Crippen LogP contribution in [0.1, 0.15) is 46.3 Å². The van der Waals surface area contributed by atoms with Crippen molar-refractivity contribution in [3.63, 3.8) is 0 Å². The summed E-state index contributed by atoms with van der Waals surface area (Å²) >= 11 is 5.65. The summed E-state index contributed by atoms with van der Waals surface area (Å²) in [6, 6.07) is 2.41. The van der Waals surface area contributed by atoms with Gasteiger partial charge in [0.1, 0.15) is 0 Å². The van der Waals surface area contributed by atoms with E-state index < -0.39 is 0 Å². The van der Waals surface area contributed by atoms with Gasteiger partial charge in [-0.2, -0.15) is 0 Å². The lowest BCUT2D eigenvalue weighted by molar-refractivity contribution is 0.712. The topological polar surface area (TPSA) is 0 Å². The molecule has 72 valence electrons. The second kappa shape index (κ2) is 4.14. The van der Waals surface area contributed by atoms with Crippen LogP contribution in [0.2, 0.25) is 0 Å². The molecular formula is C11H15BrS. The van der Waals surface area contributed by atoms with Crippen molar-refractivity contribution in [2.45, 2.75) is 43.9 Å². The zero-order valence-electron chi connectivity index (χ0n) is 7.98. The first-order valence-electron chi connectivity index (χ1n) is 5.03. The molecule has 1 aliphatic rings. The van der Waals surface area contributed by atoms with Crippen LogP contribution in [0.25, 0.3) is 0 Å². The number of aryl methyl sites for hydroxylation is 2. The Balaban J connectivity index is 2.27. The fraction of sp³-hybridized carbons (Fsp3) is 0.636. The van der Waals surface area contributed by atoms with Gasteiger partial charge < -0.3 is 0 Å². The van der Waals surface area contributed by atoms with E-state index in [-0.39, 0.29) is 0 Å². The second-order valence-electron chi connectivity index (χ2n) is 3.77. The Hall–Kier alpha value is 0.180. The lowest BCUT2D eigenvalue weighted by Crippen LogP contribution is -1.81. The molecule has 1 unspecified atom stereocenters. The van der Waals surface area contributed by atoms with Gasteiger partial charge in [-0.15, -0.1) is 11.3 Å². The maximum atomic E-state index is 3.64. The fourth-order valence-corrected chi connectivity index (χ4v) is 3.49. The maximum Gasteiger partial charge on any atom is 0.0461 e. The summed E-state index contributed by atoms with van der Waals surface area (Å²) in [5.74, 6) is 0. The predicted octanol–water partition coefficient (Wildman–Crippen LogP) is 4.47. The smallest absolute Gasteiger partial charge is 0.0461 e. The number of rotatable bonds is 1. The molecule has 1 aromatic rings. The number of hydrogen-bond acceptors (Lipinski definition) is 1. The minimum absolute atomic E-state index is 0.532. The van der Waals surface area contributed by atoms with Gasteiger partial charge in [0.2, 0.25) is 0 Å². The zero-order chi connectivity index (χ0) is 9.26. The molecule has 1 aliphatic carbocycles. The van der Waals surface area contributed by atoms with Crippen molar-refractivity contribution in [3.8, 4) is 0 Å². The highest BCUT2D eigenvalue weighted by Gasteiger charge is 2.13. The summed E-state index contributed by atoms with van der Waals surface area (Å²) in [7, 11) is 0. The molecule has 2 heteroatoms. The summed E-state index contributed by atoms with van der Waals surface area (Å²) < 4.78 is 0. The predicted molar refractivity (Wildman–Crippen MR) is 62.9 cm³/mol. The van der Waals surface area contributed by atoms with Gasteiger partial charge in [0.15, 0.2) is 0 Å². The first-order chi connectivity index (χ1) is 6.27. The van der Waals surface area contributed by atoms with E-state index in [0.29, 0.717) is 4.83 Å². The highest BCUT2D eigenvalue weighted by Crippen LogP contribution is 2.35. The van der Waals surface area contributed by atoms with E-state index in [1.54, 1.807) is 10.4 Å². The Labute approximate surface area is 92.5 Å². The van der Waals surface area contributed by atoms with Crippen LogP contribution >= 0.6 is 27.3 Å². The summed E-state index contributed by atoms with van der Waals surface area (Å²) in [6.07, 6.45) is 6.83.